The van der Waals surface area contributed by atoms with Crippen molar-refractivity contribution in [2.24, 2.45) is 0 Å². The molecule has 4 heteroatoms. The van der Waals surface area contributed by atoms with E-state index in [0.717, 1.165) is 18.5 Å². The van der Waals surface area contributed by atoms with Crippen molar-refractivity contribution in [2.75, 3.05) is 7.05 Å². The van der Waals surface area contributed by atoms with Crippen LogP contribution in [0.4, 0.5) is 0 Å². The van der Waals surface area contributed by atoms with Gasteiger partial charge in [0.05, 0.1) is 11.3 Å². The Balaban J connectivity index is 2.01. The smallest absolute Gasteiger partial charge is 0.336 e. The molecule has 0 heterocycles. The fraction of sp³-hybridized carbons (Fsp3) is 0.286. The lowest BCUT2D eigenvalue weighted by molar-refractivity contribution is -0.116. The van der Waals surface area contributed by atoms with Crippen LogP contribution in [0.5, 0.6) is 0 Å². The Morgan fingerprint density at radius 1 is 1.22 bits per heavy atom. The number of ketones is 1. The van der Waals surface area contributed by atoms with Crippen LogP contribution in [0.15, 0.2) is 42.1 Å². The lowest BCUT2D eigenvalue weighted by atomic mass is 10.0. The topological polar surface area (TPSA) is 46.6 Å². The predicted octanol–water partition coefficient (Wildman–Crippen LogP) is 2.33. The number of hydrogen-bond acceptors (Lipinski definition) is 4. The average molecular weight is 245 g/mol. The second-order valence-electron chi connectivity index (χ2n) is 4.20. The van der Waals surface area contributed by atoms with Crippen molar-refractivity contribution < 1.29 is 14.4 Å². The van der Waals surface area contributed by atoms with Crippen LogP contribution in [0.3, 0.4) is 0 Å². The zero-order chi connectivity index (χ0) is 13.0. The van der Waals surface area contributed by atoms with E-state index in [1.54, 1.807) is 37.4 Å². The van der Waals surface area contributed by atoms with E-state index >= 15 is 0 Å². The number of hydrogen-bond donors (Lipinski definition) is 0. The van der Waals surface area contributed by atoms with Crippen LogP contribution in [-0.2, 0) is 9.63 Å². The lowest BCUT2D eigenvalue weighted by Gasteiger charge is -2.23. The molecule has 1 aromatic carbocycles. The molecule has 0 unspecified atom stereocenters. The van der Waals surface area contributed by atoms with Crippen LogP contribution in [-0.4, -0.2) is 23.9 Å². The van der Waals surface area contributed by atoms with E-state index in [0.29, 0.717) is 12.0 Å². The zero-order valence-electron chi connectivity index (χ0n) is 10.3. The summed E-state index contributed by atoms with van der Waals surface area (Å²) in [5, 5.41) is 1.38. The third-order valence-electron chi connectivity index (χ3n) is 2.82. The van der Waals surface area contributed by atoms with E-state index in [4.69, 9.17) is 4.84 Å². The maximum absolute atomic E-state index is 11.8. The number of allylic oxidation sites excluding steroid dienone is 2. The van der Waals surface area contributed by atoms with Crippen molar-refractivity contribution >= 4 is 11.8 Å². The summed E-state index contributed by atoms with van der Waals surface area (Å²) >= 11 is 0. The zero-order valence-corrected chi connectivity index (χ0v) is 10.3. The number of nitrogens with zero attached hydrogens (tertiary/aromatic N) is 1. The molecule has 0 saturated heterocycles. The molecule has 0 saturated carbocycles. The molecule has 1 aliphatic carbocycles. The maximum Gasteiger partial charge on any atom is 0.363 e. The summed E-state index contributed by atoms with van der Waals surface area (Å²) in [6.45, 7) is 0. The summed E-state index contributed by atoms with van der Waals surface area (Å²) in [5.41, 5.74) is 1.24. The summed E-state index contributed by atoms with van der Waals surface area (Å²) in [7, 11) is 1.64. The minimum Gasteiger partial charge on any atom is -0.336 e. The van der Waals surface area contributed by atoms with E-state index in [1.165, 1.54) is 5.06 Å². The maximum atomic E-state index is 11.8. The van der Waals surface area contributed by atoms with Gasteiger partial charge in [0, 0.05) is 19.5 Å². The van der Waals surface area contributed by atoms with Gasteiger partial charge in [0.2, 0.25) is 0 Å². The number of hydroxylamine groups is 2. The van der Waals surface area contributed by atoms with Gasteiger partial charge in [-0.05, 0) is 25.0 Å². The van der Waals surface area contributed by atoms with Gasteiger partial charge < -0.3 is 4.84 Å². The number of rotatable bonds is 3. The molecule has 4 nitrogen and oxygen atoms in total. The molecule has 0 aliphatic heterocycles. The van der Waals surface area contributed by atoms with Crippen molar-refractivity contribution in [1.29, 1.82) is 0 Å². The average Bonchev–Trinajstić information content (AvgIpc) is 2.39. The minimum absolute atomic E-state index is 0.0823. The van der Waals surface area contributed by atoms with E-state index in [2.05, 4.69) is 0 Å². The first kappa shape index (κ1) is 12.4. The number of carbonyl (C=O) groups is 2. The molecule has 2 rings (SSSR count). The Morgan fingerprint density at radius 3 is 2.61 bits per heavy atom. The van der Waals surface area contributed by atoms with Gasteiger partial charge in [0.15, 0.2) is 5.78 Å². The third-order valence-corrected chi connectivity index (χ3v) is 2.82. The first-order valence-corrected chi connectivity index (χ1v) is 5.91. The van der Waals surface area contributed by atoms with Gasteiger partial charge in [-0.3, -0.25) is 4.79 Å². The van der Waals surface area contributed by atoms with E-state index in [9.17, 15) is 9.59 Å². The highest BCUT2D eigenvalue weighted by molar-refractivity contribution is 5.91. The van der Waals surface area contributed by atoms with E-state index in [-0.39, 0.29) is 5.78 Å². The monoisotopic (exact) mass is 245 g/mol. The Hall–Kier alpha value is -2.10. The van der Waals surface area contributed by atoms with Gasteiger partial charge in [0.25, 0.3) is 0 Å². The molecule has 0 aromatic heterocycles. The molecule has 0 spiro atoms. The second-order valence-corrected chi connectivity index (χ2v) is 4.20. The van der Waals surface area contributed by atoms with Gasteiger partial charge in [-0.2, -0.15) is 0 Å². The van der Waals surface area contributed by atoms with Crippen LogP contribution < -0.4 is 0 Å². The van der Waals surface area contributed by atoms with Gasteiger partial charge in [0.1, 0.15) is 0 Å². The van der Waals surface area contributed by atoms with Gasteiger partial charge in [-0.15, -0.1) is 0 Å². The highest BCUT2D eigenvalue weighted by atomic mass is 16.7. The number of carbonyl (C=O) groups excluding carboxylic acids is 2. The molecular formula is C14H15NO3. The molecule has 0 radical (unpaired) electrons. The first-order valence-electron chi connectivity index (χ1n) is 5.91. The van der Waals surface area contributed by atoms with E-state index < -0.39 is 5.97 Å². The fourth-order valence-electron chi connectivity index (χ4n) is 1.83. The Bertz CT molecular complexity index is 479. The molecule has 0 bridgehead atoms. The molecule has 1 aromatic rings. The lowest BCUT2D eigenvalue weighted by Crippen LogP contribution is -2.25. The highest BCUT2D eigenvalue weighted by Gasteiger charge is 2.17. The first-order chi connectivity index (χ1) is 8.66. The van der Waals surface area contributed by atoms with Crippen molar-refractivity contribution in [3.63, 3.8) is 0 Å². The van der Waals surface area contributed by atoms with E-state index in [1.807, 2.05) is 6.07 Å². The molecule has 18 heavy (non-hydrogen) atoms. The molecule has 0 amide bonds. The summed E-state index contributed by atoms with van der Waals surface area (Å²) < 4.78 is 0. The van der Waals surface area contributed by atoms with Crippen molar-refractivity contribution in [3.05, 3.63) is 47.7 Å². The summed E-state index contributed by atoms with van der Waals surface area (Å²) in [6, 6.07) is 8.77. The van der Waals surface area contributed by atoms with Crippen LogP contribution in [0.2, 0.25) is 0 Å². The Labute approximate surface area is 106 Å². The van der Waals surface area contributed by atoms with Crippen LogP contribution in [0, 0.1) is 0 Å². The summed E-state index contributed by atoms with van der Waals surface area (Å²) in [6.07, 6.45) is 3.67. The molecular weight excluding hydrogens is 230 g/mol. The molecule has 0 fully saturated rings. The fourth-order valence-corrected chi connectivity index (χ4v) is 1.83. The quantitative estimate of drug-likeness (QED) is 0.767. The van der Waals surface area contributed by atoms with Crippen LogP contribution in [0.25, 0.3) is 0 Å². The highest BCUT2D eigenvalue weighted by Crippen LogP contribution is 2.18. The Morgan fingerprint density at radius 2 is 1.94 bits per heavy atom. The van der Waals surface area contributed by atoms with Gasteiger partial charge >= 0.3 is 5.97 Å². The van der Waals surface area contributed by atoms with Gasteiger partial charge in [-0.25, -0.2) is 9.86 Å². The number of benzene rings is 1. The molecule has 94 valence electrons. The Kier molecular flexibility index (Phi) is 3.77. The normalized spacial score (nSPS) is 14.9. The van der Waals surface area contributed by atoms with Crippen LogP contribution in [0.1, 0.15) is 29.6 Å². The third kappa shape index (κ3) is 2.97. The largest absolute Gasteiger partial charge is 0.363 e. The summed E-state index contributed by atoms with van der Waals surface area (Å²) in [4.78, 5) is 28.3. The predicted molar refractivity (Wildman–Crippen MR) is 66.6 cm³/mol. The van der Waals surface area contributed by atoms with Crippen molar-refractivity contribution in [2.45, 2.75) is 19.3 Å². The molecule has 1 aliphatic rings. The van der Waals surface area contributed by atoms with Crippen LogP contribution >= 0.6 is 0 Å². The second kappa shape index (κ2) is 5.49. The SMILES string of the molecule is CN(OC(=O)c1ccccc1)C1=CC(=O)CCC1. The molecule has 0 N–H and O–H groups in total. The minimum atomic E-state index is -0.419. The standard InChI is InChI=1S/C14H15NO3/c1-15(12-8-5-9-13(16)10-12)18-14(17)11-6-3-2-4-7-11/h2-4,6-7,10H,5,8-9H2,1H3. The molecule has 0 atom stereocenters. The van der Waals surface area contributed by atoms with Crippen molar-refractivity contribution in [1.82, 2.24) is 5.06 Å². The van der Waals surface area contributed by atoms with Gasteiger partial charge in [-0.1, -0.05) is 18.2 Å². The van der Waals surface area contributed by atoms with Crippen molar-refractivity contribution in [3.8, 4) is 0 Å². The summed E-state index contributed by atoms with van der Waals surface area (Å²) in [5.74, 6) is -0.337.